The minimum atomic E-state index is 1.05. The minimum absolute atomic E-state index is 1.05. The highest BCUT2D eigenvalue weighted by Crippen LogP contribution is 2.23. The third-order valence-corrected chi connectivity index (χ3v) is 3.60. The zero-order chi connectivity index (χ0) is 13.7. The molecule has 1 heteroatoms. The lowest BCUT2D eigenvalue weighted by Crippen LogP contribution is -1.97. The standard InChI is InChI=1S/C18H23N/c1-4-14-8-11-17(12-9-14)19-18-13-15(5-2)7-10-16(18)6-3/h7-13,19H,4-6H2,1-3H3. The summed E-state index contributed by atoms with van der Waals surface area (Å²) in [6.45, 7) is 6.58. The zero-order valence-electron chi connectivity index (χ0n) is 12.2. The van der Waals surface area contributed by atoms with Gasteiger partial charge in [-0.2, -0.15) is 0 Å². The van der Waals surface area contributed by atoms with Gasteiger partial charge in [-0.1, -0.05) is 45.0 Å². The van der Waals surface area contributed by atoms with Crippen molar-refractivity contribution in [1.29, 1.82) is 0 Å². The summed E-state index contributed by atoms with van der Waals surface area (Å²) in [5.74, 6) is 0. The summed E-state index contributed by atoms with van der Waals surface area (Å²) in [7, 11) is 0. The highest BCUT2D eigenvalue weighted by molar-refractivity contribution is 5.64. The molecule has 0 fully saturated rings. The van der Waals surface area contributed by atoms with Crippen molar-refractivity contribution in [3.63, 3.8) is 0 Å². The largest absolute Gasteiger partial charge is 0.355 e. The van der Waals surface area contributed by atoms with Crippen LogP contribution in [-0.4, -0.2) is 0 Å². The van der Waals surface area contributed by atoms with Crippen molar-refractivity contribution in [2.45, 2.75) is 40.0 Å². The molecule has 0 atom stereocenters. The van der Waals surface area contributed by atoms with Crippen LogP contribution in [0.3, 0.4) is 0 Å². The van der Waals surface area contributed by atoms with E-state index in [1.807, 2.05) is 0 Å². The molecule has 0 unspecified atom stereocenters. The van der Waals surface area contributed by atoms with E-state index in [2.05, 4.69) is 68.6 Å². The van der Waals surface area contributed by atoms with Gasteiger partial charge in [-0.15, -0.1) is 0 Å². The Morgan fingerprint density at radius 3 is 1.95 bits per heavy atom. The van der Waals surface area contributed by atoms with Crippen LogP contribution in [0.25, 0.3) is 0 Å². The maximum absolute atomic E-state index is 3.55. The van der Waals surface area contributed by atoms with Gasteiger partial charge >= 0.3 is 0 Å². The first-order valence-corrected chi connectivity index (χ1v) is 7.24. The number of nitrogens with one attached hydrogen (secondary N) is 1. The van der Waals surface area contributed by atoms with Gasteiger partial charge in [0.25, 0.3) is 0 Å². The molecule has 0 saturated carbocycles. The van der Waals surface area contributed by atoms with Crippen molar-refractivity contribution >= 4 is 11.4 Å². The molecule has 0 saturated heterocycles. The van der Waals surface area contributed by atoms with Gasteiger partial charge in [0.15, 0.2) is 0 Å². The Kier molecular flexibility index (Phi) is 4.62. The molecule has 0 heterocycles. The molecule has 1 nitrogen and oxygen atoms in total. The molecule has 0 radical (unpaired) electrons. The summed E-state index contributed by atoms with van der Waals surface area (Å²) >= 11 is 0. The van der Waals surface area contributed by atoms with Gasteiger partial charge in [-0.3, -0.25) is 0 Å². The van der Waals surface area contributed by atoms with E-state index in [4.69, 9.17) is 0 Å². The Bertz CT molecular complexity index is 526. The lowest BCUT2D eigenvalue weighted by molar-refractivity contribution is 1.10. The monoisotopic (exact) mass is 253 g/mol. The van der Waals surface area contributed by atoms with Crippen LogP contribution >= 0.6 is 0 Å². The fourth-order valence-electron chi connectivity index (χ4n) is 2.25. The van der Waals surface area contributed by atoms with E-state index in [9.17, 15) is 0 Å². The first-order valence-electron chi connectivity index (χ1n) is 7.24. The Morgan fingerprint density at radius 2 is 1.37 bits per heavy atom. The van der Waals surface area contributed by atoms with Crippen LogP contribution in [0.5, 0.6) is 0 Å². The fraction of sp³-hybridized carbons (Fsp3) is 0.333. The summed E-state index contributed by atoms with van der Waals surface area (Å²) in [4.78, 5) is 0. The van der Waals surface area contributed by atoms with Crippen LogP contribution in [0, 0.1) is 0 Å². The van der Waals surface area contributed by atoms with Gasteiger partial charge < -0.3 is 5.32 Å². The molecule has 100 valence electrons. The smallest absolute Gasteiger partial charge is 0.0419 e. The molecule has 0 aromatic heterocycles. The average Bonchev–Trinajstić information content (AvgIpc) is 2.48. The molecule has 0 spiro atoms. The van der Waals surface area contributed by atoms with Gasteiger partial charge in [-0.25, -0.2) is 0 Å². The molecule has 2 aromatic rings. The van der Waals surface area contributed by atoms with Crippen LogP contribution in [-0.2, 0) is 19.3 Å². The van der Waals surface area contributed by atoms with Gasteiger partial charge in [0.1, 0.15) is 0 Å². The van der Waals surface area contributed by atoms with Crippen molar-refractivity contribution in [2.24, 2.45) is 0 Å². The number of hydrogen-bond acceptors (Lipinski definition) is 1. The molecule has 0 amide bonds. The second kappa shape index (κ2) is 6.42. The summed E-state index contributed by atoms with van der Waals surface area (Å²) in [5, 5.41) is 3.55. The molecule has 2 rings (SSSR count). The van der Waals surface area contributed by atoms with E-state index < -0.39 is 0 Å². The normalized spacial score (nSPS) is 10.5. The van der Waals surface area contributed by atoms with E-state index in [0.717, 1.165) is 19.3 Å². The van der Waals surface area contributed by atoms with E-state index in [0.29, 0.717) is 0 Å². The molecule has 0 bridgehead atoms. The van der Waals surface area contributed by atoms with Crippen molar-refractivity contribution in [3.8, 4) is 0 Å². The number of rotatable bonds is 5. The zero-order valence-corrected chi connectivity index (χ0v) is 12.2. The summed E-state index contributed by atoms with van der Waals surface area (Å²) in [6.07, 6.45) is 3.22. The van der Waals surface area contributed by atoms with E-state index in [1.165, 1.54) is 28.1 Å². The molecule has 0 aliphatic carbocycles. The number of benzene rings is 2. The van der Waals surface area contributed by atoms with Crippen LogP contribution in [0.15, 0.2) is 42.5 Å². The highest BCUT2D eigenvalue weighted by atomic mass is 14.9. The fourth-order valence-corrected chi connectivity index (χ4v) is 2.25. The lowest BCUT2D eigenvalue weighted by atomic mass is 10.0. The molecule has 19 heavy (non-hydrogen) atoms. The second-order valence-corrected chi connectivity index (χ2v) is 4.87. The predicted octanol–water partition coefficient (Wildman–Crippen LogP) is 5.12. The first-order chi connectivity index (χ1) is 9.26. The molecule has 0 aliphatic heterocycles. The first kappa shape index (κ1) is 13.7. The second-order valence-electron chi connectivity index (χ2n) is 4.87. The summed E-state index contributed by atoms with van der Waals surface area (Å²) in [5.41, 5.74) is 6.54. The van der Waals surface area contributed by atoms with Gasteiger partial charge in [0.2, 0.25) is 0 Å². The van der Waals surface area contributed by atoms with Crippen LogP contribution in [0.1, 0.15) is 37.5 Å². The van der Waals surface area contributed by atoms with Crippen LogP contribution < -0.4 is 5.32 Å². The lowest BCUT2D eigenvalue weighted by Gasteiger charge is -2.13. The summed E-state index contributed by atoms with van der Waals surface area (Å²) < 4.78 is 0. The topological polar surface area (TPSA) is 12.0 Å². The van der Waals surface area contributed by atoms with Gasteiger partial charge in [0.05, 0.1) is 0 Å². The maximum atomic E-state index is 3.55. The maximum Gasteiger partial charge on any atom is 0.0419 e. The van der Waals surface area contributed by atoms with E-state index in [-0.39, 0.29) is 0 Å². The average molecular weight is 253 g/mol. The minimum Gasteiger partial charge on any atom is -0.355 e. The van der Waals surface area contributed by atoms with E-state index >= 15 is 0 Å². The molecular formula is C18H23N. The predicted molar refractivity (Wildman–Crippen MR) is 84.3 cm³/mol. The Labute approximate surface area is 116 Å². The SMILES string of the molecule is CCc1ccc(Nc2cc(CC)ccc2CC)cc1. The quantitative estimate of drug-likeness (QED) is 0.780. The van der Waals surface area contributed by atoms with E-state index in [1.54, 1.807) is 0 Å². The third kappa shape index (κ3) is 3.37. The molecular weight excluding hydrogens is 230 g/mol. The molecule has 0 aliphatic rings. The Balaban J connectivity index is 2.25. The number of anilines is 2. The van der Waals surface area contributed by atoms with Crippen molar-refractivity contribution < 1.29 is 0 Å². The third-order valence-electron chi connectivity index (χ3n) is 3.60. The highest BCUT2D eigenvalue weighted by Gasteiger charge is 2.02. The Morgan fingerprint density at radius 1 is 0.737 bits per heavy atom. The van der Waals surface area contributed by atoms with Crippen LogP contribution in [0.4, 0.5) is 11.4 Å². The van der Waals surface area contributed by atoms with Crippen molar-refractivity contribution in [2.75, 3.05) is 5.32 Å². The van der Waals surface area contributed by atoms with Gasteiger partial charge in [-0.05, 0) is 54.2 Å². The molecule has 2 aromatic carbocycles. The van der Waals surface area contributed by atoms with Crippen molar-refractivity contribution in [3.05, 3.63) is 59.2 Å². The number of hydrogen-bond donors (Lipinski definition) is 1. The number of aryl methyl sites for hydroxylation is 3. The van der Waals surface area contributed by atoms with Crippen LogP contribution in [0.2, 0.25) is 0 Å². The van der Waals surface area contributed by atoms with Gasteiger partial charge in [0, 0.05) is 11.4 Å². The summed E-state index contributed by atoms with van der Waals surface area (Å²) in [6, 6.07) is 15.4. The van der Waals surface area contributed by atoms with Crippen molar-refractivity contribution in [1.82, 2.24) is 0 Å². The molecule has 1 N–H and O–H groups in total. The Hall–Kier alpha value is -1.76.